The van der Waals surface area contributed by atoms with E-state index in [0.717, 1.165) is 42.1 Å². The van der Waals surface area contributed by atoms with Crippen LogP contribution < -0.4 is 5.32 Å². The van der Waals surface area contributed by atoms with Gasteiger partial charge in [0.05, 0.1) is 0 Å². The molecular formula is C23H33N. The van der Waals surface area contributed by atoms with Crippen LogP contribution in [0.4, 0.5) is 5.69 Å². The Morgan fingerprint density at radius 2 is 1.88 bits per heavy atom. The highest BCUT2D eigenvalue weighted by molar-refractivity contribution is 5.60. The summed E-state index contributed by atoms with van der Waals surface area (Å²) in [6.45, 7) is 11.4. The fourth-order valence-electron chi connectivity index (χ4n) is 7.53. The summed E-state index contributed by atoms with van der Waals surface area (Å²) >= 11 is 0. The Morgan fingerprint density at radius 1 is 1.04 bits per heavy atom. The molecule has 5 rings (SSSR count). The highest BCUT2D eigenvalue weighted by Gasteiger charge is 2.57. The molecule has 24 heavy (non-hydrogen) atoms. The molecule has 1 nitrogen and oxygen atoms in total. The minimum absolute atomic E-state index is 0.593. The molecule has 130 valence electrons. The summed E-state index contributed by atoms with van der Waals surface area (Å²) in [6, 6.07) is 5.12. The highest BCUT2D eigenvalue weighted by atomic mass is 14.9. The molecule has 0 saturated heterocycles. The highest BCUT2D eigenvalue weighted by Crippen LogP contribution is 2.65. The quantitative estimate of drug-likeness (QED) is 0.651. The monoisotopic (exact) mass is 323 g/mol. The second-order valence-corrected chi connectivity index (χ2v) is 9.91. The Morgan fingerprint density at radius 3 is 2.71 bits per heavy atom. The topological polar surface area (TPSA) is 12.0 Å². The van der Waals surface area contributed by atoms with Gasteiger partial charge in [0.2, 0.25) is 0 Å². The van der Waals surface area contributed by atoms with Crippen LogP contribution in [0.25, 0.3) is 0 Å². The van der Waals surface area contributed by atoms with Gasteiger partial charge in [0.15, 0.2) is 0 Å². The van der Waals surface area contributed by atoms with Crippen molar-refractivity contribution < 1.29 is 0 Å². The van der Waals surface area contributed by atoms with Crippen molar-refractivity contribution in [2.45, 2.75) is 65.7 Å². The van der Waals surface area contributed by atoms with Crippen LogP contribution in [-0.2, 0) is 12.8 Å². The van der Waals surface area contributed by atoms with E-state index in [0.29, 0.717) is 5.41 Å². The standard InChI is InChI=1S/C23H33N/c1-13-9-20-18-6-5-16-11-21-17(7-8-24-21)10-19(16)22(18)14(2)12-23(20,4)15(13)3/h10-11,13-15,18,20,22,24H,5-9,12H2,1-4H3/t13?,14?,15?,18?,20?,22?,23-/m1/s1. The molecule has 1 N–H and O–H groups in total. The van der Waals surface area contributed by atoms with Gasteiger partial charge in [0, 0.05) is 12.2 Å². The van der Waals surface area contributed by atoms with E-state index < -0.39 is 0 Å². The maximum absolute atomic E-state index is 3.59. The normalized spacial score (nSPS) is 45.8. The van der Waals surface area contributed by atoms with Gasteiger partial charge in [0.25, 0.3) is 0 Å². The third kappa shape index (κ3) is 1.88. The molecule has 3 aliphatic carbocycles. The lowest BCUT2D eigenvalue weighted by molar-refractivity contribution is -0.000267. The van der Waals surface area contributed by atoms with E-state index in [2.05, 4.69) is 45.1 Å². The molecule has 2 saturated carbocycles. The van der Waals surface area contributed by atoms with E-state index >= 15 is 0 Å². The fourth-order valence-corrected chi connectivity index (χ4v) is 7.53. The van der Waals surface area contributed by atoms with Crippen molar-refractivity contribution in [2.75, 3.05) is 11.9 Å². The average molecular weight is 324 g/mol. The maximum Gasteiger partial charge on any atom is 0.0376 e. The summed E-state index contributed by atoms with van der Waals surface area (Å²) in [5.74, 6) is 5.38. The van der Waals surface area contributed by atoms with Crippen molar-refractivity contribution in [1.29, 1.82) is 0 Å². The molecule has 4 aliphatic rings. The Balaban J connectivity index is 1.58. The predicted molar refractivity (Wildman–Crippen MR) is 102 cm³/mol. The fraction of sp³-hybridized carbons (Fsp3) is 0.739. The average Bonchev–Trinajstić information content (AvgIpc) is 3.09. The molecule has 1 heterocycles. The van der Waals surface area contributed by atoms with Gasteiger partial charge in [-0.3, -0.25) is 0 Å². The lowest BCUT2D eigenvalue weighted by Gasteiger charge is -2.53. The maximum atomic E-state index is 3.59. The minimum atomic E-state index is 0.593. The van der Waals surface area contributed by atoms with Crippen molar-refractivity contribution in [3.05, 3.63) is 28.8 Å². The molecule has 0 bridgehead atoms. The van der Waals surface area contributed by atoms with Crippen molar-refractivity contribution in [3.63, 3.8) is 0 Å². The lowest BCUT2D eigenvalue weighted by Crippen LogP contribution is -2.45. The van der Waals surface area contributed by atoms with Crippen molar-refractivity contribution in [3.8, 4) is 0 Å². The first kappa shape index (κ1) is 15.3. The Hall–Kier alpha value is -0.980. The molecule has 1 aliphatic heterocycles. The zero-order valence-electron chi connectivity index (χ0n) is 15.9. The van der Waals surface area contributed by atoms with Gasteiger partial charge in [-0.1, -0.05) is 33.8 Å². The number of fused-ring (bicyclic) bond motifs is 6. The van der Waals surface area contributed by atoms with E-state index in [4.69, 9.17) is 0 Å². The summed E-state index contributed by atoms with van der Waals surface area (Å²) in [5.41, 5.74) is 7.02. The van der Waals surface area contributed by atoms with Crippen LogP contribution >= 0.6 is 0 Å². The van der Waals surface area contributed by atoms with E-state index in [-0.39, 0.29) is 0 Å². The number of hydrogen-bond acceptors (Lipinski definition) is 1. The van der Waals surface area contributed by atoms with Crippen LogP contribution in [0.2, 0.25) is 0 Å². The zero-order valence-corrected chi connectivity index (χ0v) is 15.9. The Bertz CT molecular complexity index is 677. The molecule has 0 spiro atoms. The van der Waals surface area contributed by atoms with Gasteiger partial charge >= 0.3 is 0 Å². The van der Waals surface area contributed by atoms with Crippen molar-refractivity contribution in [1.82, 2.24) is 0 Å². The minimum Gasteiger partial charge on any atom is -0.384 e. The van der Waals surface area contributed by atoms with E-state index in [1.165, 1.54) is 37.8 Å². The lowest BCUT2D eigenvalue weighted by atomic mass is 9.51. The summed E-state index contributed by atoms with van der Waals surface area (Å²) < 4.78 is 0. The van der Waals surface area contributed by atoms with Gasteiger partial charge in [-0.05, 0) is 95.8 Å². The number of rotatable bonds is 0. The van der Waals surface area contributed by atoms with Crippen molar-refractivity contribution in [2.24, 2.45) is 35.0 Å². The molecule has 2 fully saturated rings. The second kappa shape index (κ2) is 5.02. The van der Waals surface area contributed by atoms with Gasteiger partial charge in [-0.25, -0.2) is 0 Å². The van der Waals surface area contributed by atoms with Crippen LogP contribution in [0.15, 0.2) is 12.1 Å². The number of aryl methyl sites for hydroxylation is 1. The number of anilines is 1. The molecule has 1 aromatic rings. The smallest absolute Gasteiger partial charge is 0.0376 e. The first-order chi connectivity index (χ1) is 11.5. The molecule has 0 aromatic heterocycles. The zero-order chi connectivity index (χ0) is 16.6. The predicted octanol–water partition coefficient (Wildman–Crippen LogP) is 5.64. The van der Waals surface area contributed by atoms with Crippen LogP contribution in [0.1, 0.15) is 69.6 Å². The Labute approximate surface area is 147 Å². The first-order valence-electron chi connectivity index (χ1n) is 10.4. The summed E-state index contributed by atoms with van der Waals surface area (Å²) in [5, 5.41) is 3.59. The van der Waals surface area contributed by atoms with Crippen LogP contribution in [0, 0.1) is 35.0 Å². The summed E-state index contributed by atoms with van der Waals surface area (Å²) in [6.07, 6.45) is 6.89. The third-order valence-corrected chi connectivity index (χ3v) is 8.90. The van der Waals surface area contributed by atoms with Crippen molar-refractivity contribution >= 4 is 5.69 Å². The van der Waals surface area contributed by atoms with E-state index in [9.17, 15) is 0 Å². The van der Waals surface area contributed by atoms with Crippen LogP contribution in [0.3, 0.4) is 0 Å². The summed E-state index contributed by atoms with van der Waals surface area (Å²) in [7, 11) is 0. The molecular weight excluding hydrogens is 290 g/mol. The van der Waals surface area contributed by atoms with Gasteiger partial charge < -0.3 is 5.32 Å². The molecule has 6 unspecified atom stereocenters. The second-order valence-electron chi connectivity index (χ2n) is 9.91. The first-order valence-corrected chi connectivity index (χ1v) is 10.4. The van der Waals surface area contributed by atoms with E-state index in [1.54, 1.807) is 16.7 Å². The third-order valence-electron chi connectivity index (χ3n) is 8.90. The van der Waals surface area contributed by atoms with Crippen LogP contribution in [-0.4, -0.2) is 6.54 Å². The molecule has 7 atom stereocenters. The van der Waals surface area contributed by atoms with Gasteiger partial charge in [-0.2, -0.15) is 0 Å². The molecule has 0 amide bonds. The Kier molecular flexibility index (Phi) is 3.20. The van der Waals surface area contributed by atoms with Gasteiger partial charge in [0.1, 0.15) is 0 Å². The van der Waals surface area contributed by atoms with Gasteiger partial charge in [-0.15, -0.1) is 0 Å². The SMILES string of the molecule is CC1C[C@]2(C)C(C)C(C)CC2C2CCc3cc4c(cc3C12)CCN4. The molecule has 0 radical (unpaired) electrons. The molecule has 1 aromatic carbocycles. The number of nitrogens with one attached hydrogen (secondary N) is 1. The summed E-state index contributed by atoms with van der Waals surface area (Å²) in [4.78, 5) is 0. The number of benzene rings is 1. The van der Waals surface area contributed by atoms with Crippen LogP contribution in [0.5, 0.6) is 0 Å². The number of hydrogen-bond donors (Lipinski definition) is 1. The van der Waals surface area contributed by atoms with E-state index in [1.807, 2.05) is 0 Å². The largest absolute Gasteiger partial charge is 0.384 e. The molecule has 1 heteroatoms.